The van der Waals surface area contributed by atoms with E-state index in [-0.39, 0.29) is 11.3 Å². The fourth-order valence-electron chi connectivity index (χ4n) is 4.91. The summed E-state index contributed by atoms with van der Waals surface area (Å²) in [5.41, 5.74) is 1.14. The van der Waals surface area contributed by atoms with E-state index >= 15 is 0 Å². The standard InChI is InChI=1S/C29H36N2O7/c1-4-37-22-10-7-20(8-11-22)27(32)25-26(21-9-12-23(38-5-2)24(19-21)35-3)31(29(34)28(25)33)14-6-13-30-15-17-36-18-16-30/h7-12,19,26,32H,4-6,13-18H2,1-3H3/b27-25-. The summed E-state index contributed by atoms with van der Waals surface area (Å²) < 4.78 is 22.1. The summed E-state index contributed by atoms with van der Waals surface area (Å²) in [7, 11) is 1.54. The Bertz CT molecular complexity index is 1160. The van der Waals surface area contributed by atoms with Crippen molar-refractivity contribution in [1.82, 2.24) is 9.80 Å². The van der Waals surface area contributed by atoms with Crippen molar-refractivity contribution in [3.05, 3.63) is 59.2 Å². The van der Waals surface area contributed by atoms with Crippen LogP contribution in [0.1, 0.15) is 37.4 Å². The Balaban J connectivity index is 1.71. The van der Waals surface area contributed by atoms with Gasteiger partial charge in [-0.25, -0.2) is 0 Å². The molecule has 38 heavy (non-hydrogen) atoms. The summed E-state index contributed by atoms with van der Waals surface area (Å²) in [6.07, 6.45) is 0.681. The van der Waals surface area contributed by atoms with Crippen LogP contribution in [0, 0.1) is 0 Å². The third kappa shape index (κ3) is 5.95. The number of likely N-dealkylation sites (tertiary alicyclic amines) is 1. The highest BCUT2D eigenvalue weighted by Crippen LogP contribution is 2.42. The summed E-state index contributed by atoms with van der Waals surface area (Å²) in [5, 5.41) is 11.3. The van der Waals surface area contributed by atoms with Gasteiger partial charge in [0.25, 0.3) is 11.7 Å². The smallest absolute Gasteiger partial charge is 0.295 e. The number of amides is 1. The molecule has 204 valence electrons. The van der Waals surface area contributed by atoms with Crippen LogP contribution in [0.5, 0.6) is 17.2 Å². The number of ketones is 1. The molecule has 1 atom stereocenters. The highest BCUT2D eigenvalue weighted by molar-refractivity contribution is 6.46. The number of hydrogen-bond acceptors (Lipinski definition) is 8. The quantitative estimate of drug-likeness (QED) is 0.270. The summed E-state index contributed by atoms with van der Waals surface area (Å²) in [4.78, 5) is 30.5. The molecule has 0 spiro atoms. The minimum Gasteiger partial charge on any atom is -0.507 e. The van der Waals surface area contributed by atoms with Crippen LogP contribution >= 0.6 is 0 Å². The molecule has 0 bridgehead atoms. The Morgan fingerprint density at radius 2 is 1.68 bits per heavy atom. The number of carbonyl (C=O) groups is 2. The fourth-order valence-corrected chi connectivity index (χ4v) is 4.91. The zero-order chi connectivity index (χ0) is 27.1. The van der Waals surface area contributed by atoms with Crippen LogP contribution in [-0.2, 0) is 14.3 Å². The Morgan fingerprint density at radius 1 is 0.974 bits per heavy atom. The van der Waals surface area contributed by atoms with Crippen LogP contribution in [0.2, 0.25) is 0 Å². The second-order valence-electron chi connectivity index (χ2n) is 9.10. The molecule has 2 aromatic carbocycles. The van der Waals surface area contributed by atoms with Gasteiger partial charge in [0.1, 0.15) is 11.5 Å². The number of aliphatic hydroxyl groups excluding tert-OH is 1. The summed E-state index contributed by atoms with van der Waals surface area (Å²) in [5.74, 6) is 0.150. The zero-order valence-corrected chi connectivity index (χ0v) is 22.3. The van der Waals surface area contributed by atoms with Gasteiger partial charge in [-0.3, -0.25) is 14.5 Å². The number of ether oxygens (including phenoxy) is 4. The van der Waals surface area contributed by atoms with Crippen LogP contribution in [-0.4, -0.2) is 86.3 Å². The predicted octanol–water partition coefficient (Wildman–Crippen LogP) is 3.64. The second kappa shape index (κ2) is 12.8. The maximum atomic E-state index is 13.4. The number of nitrogens with zero attached hydrogens (tertiary/aromatic N) is 2. The normalized spacial score (nSPS) is 19.6. The van der Waals surface area contributed by atoms with Gasteiger partial charge in [0.15, 0.2) is 11.5 Å². The lowest BCUT2D eigenvalue weighted by molar-refractivity contribution is -0.140. The first kappa shape index (κ1) is 27.5. The summed E-state index contributed by atoms with van der Waals surface area (Å²) in [6.45, 7) is 8.97. The van der Waals surface area contributed by atoms with E-state index in [0.29, 0.717) is 67.8 Å². The molecule has 9 heteroatoms. The van der Waals surface area contributed by atoms with E-state index in [1.54, 1.807) is 48.4 Å². The van der Waals surface area contributed by atoms with Crippen molar-refractivity contribution in [2.24, 2.45) is 0 Å². The van der Waals surface area contributed by atoms with Crippen LogP contribution in [0.4, 0.5) is 0 Å². The van der Waals surface area contributed by atoms with Crippen molar-refractivity contribution in [1.29, 1.82) is 0 Å². The predicted molar refractivity (Wildman–Crippen MR) is 143 cm³/mol. The molecule has 1 amide bonds. The SMILES string of the molecule is CCOc1ccc(/C(O)=C2/C(=O)C(=O)N(CCCN3CCOCC3)C2c2ccc(OCC)c(OC)c2)cc1. The molecule has 2 fully saturated rings. The lowest BCUT2D eigenvalue weighted by Crippen LogP contribution is -2.39. The molecular formula is C29H36N2O7. The minimum atomic E-state index is -0.768. The average Bonchev–Trinajstić information content (AvgIpc) is 3.19. The molecule has 2 heterocycles. The molecule has 1 unspecified atom stereocenters. The zero-order valence-electron chi connectivity index (χ0n) is 22.3. The Labute approximate surface area is 223 Å². The van der Waals surface area contributed by atoms with Crippen LogP contribution in [0.3, 0.4) is 0 Å². The number of morpholine rings is 1. The van der Waals surface area contributed by atoms with Crippen molar-refractivity contribution in [3.63, 3.8) is 0 Å². The second-order valence-corrected chi connectivity index (χ2v) is 9.10. The number of Topliss-reactive ketones (excluding diaryl/α,β-unsaturated/α-hetero) is 1. The van der Waals surface area contributed by atoms with Gasteiger partial charge >= 0.3 is 0 Å². The summed E-state index contributed by atoms with van der Waals surface area (Å²) >= 11 is 0. The number of hydrogen-bond donors (Lipinski definition) is 1. The van der Waals surface area contributed by atoms with Gasteiger partial charge < -0.3 is 29.0 Å². The van der Waals surface area contributed by atoms with E-state index in [9.17, 15) is 14.7 Å². The largest absolute Gasteiger partial charge is 0.507 e. The van der Waals surface area contributed by atoms with E-state index in [1.165, 1.54) is 0 Å². The van der Waals surface area contributed by atoms with E-state index in [0.717, 1.165) is 19.6 Å². The molecule has 2 saturated heterocycles. The van der Waals surface area contributed by atoms with E-state index in [2.05, 4.69) is 4.90 Å². The molecule has 2 aliphatic rings. The van der Waals surface area contributed by atoms with Gasteiger partial charge in [-0.2, -0.15) is 0 Å². The Morgan fingerprint density at radius 3 is 2.34 bits per heavy atom. The van der Waals surface area contributed by atoms with Crippen molar-refractivity contribution >= 4 is 17.4 Å². The lowest BCUT2D eigenvalue weighted by atomic mass is 9.95. The first-order valence-electron chi connectivity index (χ1n) is 13.1. The maximum Gasteiger partial charge on any atom is 0.295 e. The molecule has 9 nitrogen and oxygen atoms in total. The number of aliphatic hydroxyl groups is 1. The van der Waals surface area contributed by atoms with Gasteiger partial charge in [-0.1, -0.05) is 6.07 Å². The average molecular weight is 525 g/mol. The van der Waals surface area contributed by atoms with E-state index < -0.39 is 17.7 Å². The molecule has 4 rings (SSSR count). The molecule has 2 aromatic rings. The molecular weight excluding hydrogens is 488 g/mol. The van der Waals surface area contributed by atoms with Crippen molar-refractivity contribution in [3.8, 4) is 17.2 Å². The number of methoxy groups -OCH3 is 1. The van der Waals surface area contributed by atoms with Gasteiger partial charge in [-0.05, 0) is 62.2 Å². The third-order valence-corrected chi connectivity index (χ3v) is 6.76. The Hall–Kier alpha value is -3.56. The first-order chi connectivity index (χ1) is 18.5. The van der Waals surface area contributed by atoms with Crippen molar-refractivity contribution < 1.29 is 33.6 Å². The van der Waals surface area contributed by atoms with Crippen LogP contribution < -0.4 is 14.2 Å². The molecule has 0 aromatic heterocycles. The lowest BCUT2D eigenvalue weighted by Gasteiger charge is -2.29. The number of rotatable bonds is 11. The van der Waals surface area contributed by atoms with Crippen molar-refractivity contribution in [2.45, 2.75) is 26.3 Å². The first-order valence-corrected chi connectivity index (χ1v) is 13.1. The monoisotopic (exact) mass is 524 g/mol. The minimum absolute atomic E-state index is 0.0525. The molecule has 0 saturated carbocycles. The number of carbonyl (C=O) groups excluding carboxylic acids is 2. The number of benzene rings is 2. The summed E-state index contributed by atoms with van der Waals surface area (Å²) in [6, 6.07) is 11.4. The molecule has 2 aliphatic heterocycles. The molecule has 0 aliphatic carbocycles. The molecule has 1 N–H and O–H groups in total. The van der Waals surface area contributed by atoms with E-state index in [4.69, 9.17) is 18.9 Å². The fraction of sp³-hybridized carbons (Fsp3) is 0.448. The van der Waals surface area contributed by atoms with Gasteiger partial charge in [0, 0.05) is 31.7 Å². The molecule has 0 radical (unpaired) electrons. The maximum absolute atomic E-state index is 13.4. The highest BCUT2D eigenvalue weighted by atomic mass is 16.5. The van der Waals surface area contributed by atoms with Gasteiger partial charge in [-0.15, -0.1) is 0 Å². The van der Waals surface area contributed by atoms with E-state index in [1.807, 2.05) is 19.9 Å². The van der Waals surface area contributed by atoms with Crippen LogP contribution in [0.25, 0.3) is 5.76 Å². The van der Waals surface area contributed by atoms with Gasteiger partial charge in [0.2, 0.25) is 0 Å². The topological polar surface area (TPSA) is 97.8 Å². The van der Waals surface area contributed by atoms with Crippen LogP contribution in [0.15, 0.2) is 48.0 Å². The van der Waals surface area contributed by atoms with Gasteiger partial charge in [0.05, 0.1) is 45.2 Å². The highest BCUT2D eigenvalue weighted by Gasteiger charge is 2.46. The third-order valence-electron chi connectivity index (χ3n) is 6.76. The van der Waals surface area contributed by atoms with Crippen molar-refractivity contribution in [2.75, 3.05) is 59.7 Å². The Kier molecular flexibility index (Phi) is 9.25.